The zero-order valence-electron chi connectivity index (χ0n) is 6.16. The second-order valence-corrected chi connectivity index (χ2v) is 3.70. The lowest BCUT2D eigenvalue weighted by atomic mass is 10.3. The summed E-state index contributed by atoms with van der Waals surface area (Å²) in [5, 5.41) is 6.81. The molecule has 3 nitrogen and oxygen atoms in total. The largest absolute Gasteiger partial charge is 0.324 e. The summed E-state index contributed by atoms with van der Waals surface area (Å²) in [5.41, 5.74) is 6.80. The molecule has 4 heteroatoms. The van der Waals surface area contributed by atoms with Gasteiger partial charge in [0, 0.05) is 10.9 Å². The lowest BCUT2D eigenvalue weighted by molar-refractivity contribution is 0.838. The monoisotopic (exact) mass is 167 g/mol. The van der Waals surface area contributed by atoms with Gasteiger partial charge in [-0.05, 0) is 13.0 Å². The summed E-state index contributed by atoms with van der Waals surface area (Å²) < 4.78 is 1.18. The van der Waals surface area contributed by atoms with E-state index in [1.807, 2.05) is 13.1 Å². The van der Waals surface area contributed by atoms with Gasteiger partial charge in [-0.1, -0.05) is 0 Å². The molecule has 0 aliphatic rings. The molecule has 11 heavy (non-hydrogen) atoms. The van der Waals surface area contributed by atoms with Crippen molar-refractivity contribution in [2.45, 2.75) is 13.0 Å². The van der Waals surface area contributed by atoms with Crippen molar-refractivity contribution in [3.8, 4) is 0 Å². The first-order chi connectivity index (χ1) is 5.27. The Balaban J connectivity index is 2.58. The molecular formula is C7H9N3S. The third kappa shape index (κ3) is 1.04. The zero-order chi connectivity index (χ0) is 7.84. The highest BCUT2D eigenvalue weighted by molar-refractivity contribution is 7.19. The van der Waals surface area contributed by atoms with E-state index in [-0.39, 0.29) is 6.04 Å². The molecule has 2 aromatic rings. The van der Waals surface area contributed by atoms with E-state index >= 15 is 0 Å². The standard InChI is InChI=1S/C7H9N3S/c1-4(8)6-2-5-7(11-6)3-9-10-5/h2-4H,8H2,1H3,(H,9,10)/t4-/m0/s1. The fourth-order valence-corrected chi connectivity index (χ4v) is 1.93. The van der Waals surface area contributed by atoms with E-state index in [2.05, 4.69) is 16.3 Å². The first-order valence-corrected chi connectivity index (χ1v) is 4.27. The van der Waals surface area contributed by atoms with Gasteiger partial charge in [-0.25, -0.2) is 0 Å². The SMILES string of the molecule is C[C@H](N)c1cc2[nH]ncc2s1. The van der Waals surface area contributed by atoms with Crippen LogP contribution in [0.15, 0.2) is 12.3 Å². The van der Waals surface area contributed by atoms with Crippen molar-refractivity contribution in [3.05, 3.63) is 17.1 Å². The molecule has 2 aromatic heterocycles. The van der Waals surface area contributed by atoms with Crippen LogP contribution < -0.4 is 5.73 Å². The highest BCUT2D eigenvalue weighted by Gasteiger charge is 2.05. The molecule has 3 N–H and O–H groups in total. The summed E-state index contributed by atoms with van der Waals surface area (Å²) in [7, 11) is 0. The van der Waals surface area contributed by atoms with Gasteiger partial charge in [0.2, 0.25) is 0 Å². The van der Waals surface area contributed by atoms with E-state index in [1.54, 1.807) is 11.3 Å². The van der Waals surface area contributed by atoms with Crippen molar-refractivity contribution in [3.63, 3.8) is 0 Å². The van der Waals surface area contributed by atoms with Gasteiger partial charge in [0.15, 0.2) is 0 Å². The molecule has 58 valence electrons. The smallest absolute Gasteiger partial charge is 0.0761 e. The van der Waals surface area contributed by atoms with Crippen molar-refractivity contribution in [1.29, 1.82) is 0 Å². The van der Waals surface area contributed by atoms with Crippen LogP contribution in [-0.2, 0) is 0 Å². The molecule has 0 spiro atoms. The van der Waals surface area contributed by atoms with Crippen molar-refractivity contribution in [2.24, 2.45) is 5.73 Å². The molecule has 2 rings (SSSR count). The Morgan fingerprint density at radius 1 is 1.73 bits per heavy atom. The lowest BCUT2D eigenvalue weighted by Crippen LogP contribution is -2.01. The van der Waals surface area contributed by atoms with E-state index in [0.29, 0.717) is 0 Å². The number of aromatic nitrogens is 2. The Kier molecular flexibility index (Phi) is 1.44. The molecule has 1 atom stereocenters. The first-order valence-electron chi connectivity index (χ1n) is 3.46. The number of H-pyrrole nitrogens is 1. The molecule has 0 aliphatic heterocycles. The molecule has 0 amide bonds. The summed E-state index contributed by atoms with van der Waals surface area (Å²) in [6.45, 7) is 1.98. The van der Waals surface area contributed by atoms with Gasteiger partial charge >= 0.3 is 0 Å². The number of fused-ring (bicyclic) bond motifs is 1. The number of aromatic amines is 1. The normalized spacial score (nSPS) is 14.0. The van der Waals surface area contributed by atoms with Crippen molar-refractivity contribution >= 4 is 21.6 Å². The Morgan fingerprint density at radius 3 is 3.18 bits per heavy atom. The maximum atomic E-state index is 5.71. The molecule has 0 saturated heterocycles. The molecule has 0 aromatic carbocycles. The first kappa shape index (κ1) is 6.82. The Bertz CT molecular complexity index is 332. The van der Waals surface area contributed by atoms with Crippen molar-refractivity contribution < 1.29 is 0 Å². The van der Waals surface area contributed by atoms with Crippen LogP contribution >= 0.6 is 11.3 Å². The van der Waals surface area contributed by atoms with E-state index in [1.165, 1.54) is 9.58 Å². The molecular weight excluding hydrogens is 158 g/mol. The minimum atomic E-state index is 0.126. The van der Waals surface area contributed by atoms with Gasteiger partial charge in [0.25, 0.3) is 0 Å². The second-order valence-electron chi connectivity index (χ2n) is 2.59. The van der Waals surface area contributed by atoms with E-state index < -0.39 is 0 Å². The molecule has 0 unspecified atom stereocenters. The minimum Gasteiger partial charge on any atom is -0.324 e. The van der Waals surface area contributed by atoms with Crippen molar-refractivity contribution in [2.75, 3.05) is 0 Å². The van der Waals surface area contributed by atoms with Crippen molar-refractivity contribution in [1.82, 2.24) is 10.2 Å². The molecule has 2 heterocycles. The maximum Gasteiger partial charge on any atom is 0.0761 e. The minimum absolute atomic E-state index is 0.126. The van der Waals surface area contributed by atoms with E-state index in [0.717, 1.165) is 5.52 Å². The van der Waals surface area contributed by atoms with Crippen LogP contribution in [-0.4, -0.2) is 10.2 Å². The average molecular weight is 167 g/mol. The van der Waals surface area contributed by atoms with Crippen LogP contribution in [0.2, 0.25) is 0 Å². The van der Waals surface area contributed by atoms with Crippen LogP contribution in [0, 0.1) is 0 Å². The Morgan fingerprint density at radius 2 is 2.55 bits per heavy atom. The van der Waals surface area contributed by atoms with Gasteiger partial charge in [-0.2, -0.15) is 5.10 Å². The van der Waals surface area contributed by atoms with Gasteiger partial charge in [0.1, 0.15) is 0 Å². The quantitative estimate of drug-likeness (QED) is 0.678. The van der Waals surface area contributed by atoms with Crippen LogP contribution in [0.4, 0.5) is 0 Å². The second kappa shape index (κ2) is 2.32. The molecule has 0 radical (unpaired) electrons. The number of nitrogens with one attached hydrogen (secondary N) is 1. The summed E-state index contributed by atoms with van der Waals surface area (Å²) >= 11 is 1.69. The number of rotatable bonds is 1. The van der Waals surface area contributed by atoms with Crippen LogP contribution in [0.1, 0.15) is 17.8 Å². The Hall–Kier alpha value is -0.870. The third-order valence-corrected chi connectivity index (χ3v) is 2.87. The average Bonchev–Trinajstić information content (AvgIpc) is 2.40. The van der Waals surface area contributed by atoms with Crippen LogP contribution in [0.25, 0.3) is 10.2 Å². The molecule has 0 aliphatic carbocycles. The summed E-state index contributed by atoms with van der Waals surface area (Å²) in [6.07, 6.45) is 1.83. The molecule has 0 saturated carbocycles. The fraction of sp³-hybridized carbons (Fsp3) is 0.286. The number of hydrogen-bond acceptors (Lipinski definition) is 3. The predicted molar refractivity (Wildman–Crippen MR) is 46.6 cm³/mol. The predicted octanol–water partition coefficient (Wildman–Crippen LogP) is 1.64. The summed E-state index contributed by atoms with van der Waals surface area (Å²) in [5.74, 6) is 0. The van der Waals surface area contributed by atoms with E-state index in [9.17, 15) is 0 Å². The summed E-state index contributed by atoms with van der Waals surface area (Å²) in [6, 6.07) is 2.18. The fourth-order valence-electron chi connectivity index (χ4n) is 0.993. The van der Waals surface area contributed by atoms with Gasteiger partial charge < -0.3 is 5.73 Å². The van der Waals surface area contributed by atoms with Crippen LogP contribution in [0.5, 0.6) is 0 Å². The maximum absolute atomic E-state index is 5.71. The van der Waals surface area contributed by atoms with Gasteiger partial charge in [-0.15, -0.1) is 11.3 Å². The number of nitrogens with two attached hydrogens (primary N) is 1. The molecule has 0 fully saturated rings. The molecule has 0 bridgehead atoms. The lowest BCUT2D eigenvalue weighted by Gasteiger charge is -1.96. The number of nitrogens with zero attached hydrogens (tertiary/aromatic N) is 1. The Labute approximate surface area is 68.2 Å². The highest BCUT2D eigenvalue weighted by Crippen LogP contribution is 2.26. The van der Waals surface area contributed by atoms with E-state index in [4.69, 9.17) is 5.73 Å². The summed E-state index contributed by atoms with van der Waals surface area (Å²) in [4.78, 5) is 1.20. The van der Waals surface area contributed by atoms with Gasteiger partial charge in [0.05, 0.1) is 16.4 Å². The third-order valence-electron chi connectivity index (χ3n) is 1.60. The zero-order valence-corrected chi connectivity index (χ0v) is 6.98. The van der Waals surface area contributed by atoms with Crippen LogP contribution in [0.3, 0.4) is 0 Å². The number of hydrogen-bond donors (Lipinski definition) is 2. The topological polar surface area (TPSA) is 54.7 Å². The highest BCUT2D eigenvalue weighted by atomic mass is 32.1. The number of thiophene rings is 1. The van der Waals surface area contributed by atoms with Gasteiger partial charge in [-0.3, -0.25) is 5.10 Å².